The van der Waals surface area contributed by atoms with Gasteiger partial charge in [0.25, 0.3) is 5.91 Å². The van der Waals surface area contributed by atoms with E-state index in [-0.39, 0.29) is 17.0 Å². The molecule has 1 amide bonds. The largest absolute Gasteiger partial charge is 0.379 e. The Morgan fingerprint density at radius 3 is 2.75 bits per heavy atom. The van der Waals surface area contributed by atoms with Crippen molar-refractivity contribution in [2.75, 3.05) is 5.32 Å². The van der Waals surface area contributed by atoms with Crippen LogP contribution in [0, 0.1) is 5.41 Å². The van der Waals surface area contributed by atoms with Crippen LogP contribution in [0.2, 0.25) is 0 Å². The second-order valence-electron chi connectivity index (χ2n) is 9.63. The van der Waals surface area contributed by atoms with Crippen molar-refractivity contribution >= 4 is 27.9 Å². The van der Waals surface area contributed by atoms with Crippen molar-refractivity contribution in [3.8, 4) is 11.1 Å². The molecule has 0 aliphatic heterocycles. The molecule has 1 aromatic carbocycles. The molecule has 5 N–H and O–H groups in total. The molecule has 0 unspecified atom stereocenters. The first-order valence-electron chi connectivity index (χ1n) is 10.9. The summed E-state index contributed by atoms with van der Waals surface area (Å²) in [5.74, 6) is -0.507. The number of nitrogens with zero attached hydrogens (tertiary/aromatic N) is 3. The van der Waals surface area contributed by atoms with Crippen LogP contribution in [-0.4, -0.2) is 32.1 Å². The molecule has 164 valence electrons. The zero-order chi connectivity index (χ0) is 22.7. The molecule has 1 aliphatic carbocycles. The minimum Gasteiger partial charge on any atom is -0.379 e. The highest BCUT2D eigenvalue weighted by Gasteiger charge is 2.49. The molecular weight excluding hydrogens is 400 g/mol. The smallest absolute Gasteiger partial charge is 0.252 e. The van der Waals surface area contributed by atoms with Crippen molar-refractivity contribution in [3.05, 3.63) is 60.7 Å². The molecule has 0 spiro atoms. The third-order valence-electron chi connectivity index (χ3n) is 7.51. The van der Waals surface area contributed by atoms with Gasteiger partial charge in [0.05, 0.1) is 23.0 Å². The van der Waals surface area contributed by atoms with Gasteiger partial charge in [-0.25, -0.2) is 4.52 Å². The Morgan fingerprint density at radius 1 is 1.22 bits per heavy atom. The van der Waals surface area contributed by atoms with Gasteiger partial charge < -0.3 is 16.8 Å². The number of benzene rings is 1. The monoisotopic (exact) mass is 428 g/mol. The third kappa shape index (κ3) is 3.04. The van der Waals surface area contributed by atoms with Gasteiger partial charge in [-0.05, 0) is 42.8 Å². The second-order valence-corrected chi connectivity index (χ2v) is 9.63. The van der Waals surface area contributed by atoms with E-state index in [0.29, 0.717) is 11.3 Å². The number of primary amides is 1. The molecule has 1 fully saturated rings. The summed E-state index contributed by atoms with van der Waals surface area (Å²) in [7, 11) is 0. The van der Waals surface area contributed by atoms with Crippen LogP contribution in [0.15, 0.2) is 55.1 Å². The van der Waals surface area contributed by atoms with Crippen LogP contribution in [0.4, 0.5) is 5.69 Å². The zero-order valence-electron chi connectivity index (χ0n) is 18.6. The van der Waals surface area contributed by atoms with Crippen molar-refractivity contribution in [1.29, 1.82) is 0 Å². The lowest BCUT2D eigenvalue weighted by atomic mass is 9.75. The van der Waals surface area contributed by atoms with E-state index < -0.39 is 5.91 Å². The predicted octanol–water partition coefficient (Wildman–Crippen LogP) is 3.97. The summed E-state index contributed by atoms with van der Waals surface area (Å²) in [6.07, 6.45) is 8.99. The third-order valence-corrected chi connectivity index (χ3v) is 7.51. The second kappa shape index (κ2) is 7.03. The summed E-state index contributed by atoms with van der Waals surface area (Å²) in [6, 6.07) is 10.3. The van der Waals surface area contributed by atoms with Crippen LogP contribution in [-0.2, 0) is 0 Å². The average molecular weight is 429 g/mol. The predicted molar refractivity (Wildman–Crippen MR) is 127 cm³/mol. The van der Waals surface area contributed by atoms with Crippen molar-refractivity contribution in [2.45, 2.75) is 45.2 Å². The van der Waals surface area contributed by atoms with Gasteiger partial charge in [0.15, 0.2) is 0 Å². The molecule has 7 heteroatoms. The maximum atomic E-state index is 12.3. The van der Waals surface area contributed by atoms with Gasteiger partial charge in [0, 0.05) is 46.5 Å². The summed E-state index contributed by atoms with van der Waals surface area (Å²) < 4.78 is 1.80. The number of nitrogens with one attached hydrogen (secondary N) is 1. The van der Waals surface area contributed by atoms with Gasteiger partial charge >= 0.3 is 0 Å². The lowest BCUT2D eigenvalue weighted by molar-refractivity contribution is 0.100. The molecule has 0 saturated heterocycles. The van der Waals surface area contributed by atoms with Crippen molar-refractivity contribution < 1.29 is 4.79 Å². The minimum atomic E-state index is -0.507. The Balaban J connectivity index is 1.66. The van der Waals surface area contributed by atoms with E-state index in [9.17, 15) is 4.79 Å². The van der Waals surface area contributed by atoms with E-state index in [0.717, 1.165) is 40.3 Å². The molecule has 5 rings (SSSR count). The molecule has 1 saturated carbocycles. The van der Waals surface area contributed by atoms with E-state index in [1.807, 2.05) is 30.6 Å². The normalized spacial score (nSPS) is 22.4. The standard InChI is InChI=1S/C25H28N6O/c1-24(2)21(7-9-25(24,3)27)30-22-19(23(26)32)13-29-31-14-16(11-20(22)31)17-6-4-5-15-12-28-10-8-18(15)17/h4-6,8,10-14,21,30H,7,9,27H2,1-3H3,(H2,26,32)/t21-,25+/m1/s1. The van der Waals surface area contributed by atoms with Gasteiger partial charge in [0.1, 0.15) is 0 Å². The van der Waals surface area contributed by atoms with E-state index in [1.54, 1.807) is 10.7 Å². The number of rotatable bonds is 4. The fourth-order valence-electron chi connectivity index (χ4n) is 4.87. The van der Waals surface area contributed by atoms with Gasteiger partial charge in [-0.15, -0.1) is 0 Å². The summed E-state index contributed by atoms with van der Waals surface area (Å²) in [6.45, 7) is 6.44. The fraction of sp³-hybridized carbons (Fsp3) is 0.320. The number of hydrogen-bond donors (Lipinski definition) is 3. The van der Waals surface area contributed by atoms with E-state index >= 15 is 0 Å². The number of carbonyl (C=O) groups excluding carboxylic acids is 1. The maximum absolute atomic E-state index is 12.3. The molecule has 0 bridgehead atoms. The lowest BCUT2D eigenvalue weighted by Gasteiger charge is -2.39. The first-order valence-corrected chi connectivity index (χ1v) is 10.9. The van der Waals surface area contributed by atoms with Crippen LogP contribution in [0.3, 0.4) is 0 Å². The van der Waals surface area contributed by atoms with Crippen LogP contribution in [0.1, 0.15) is 44.0 Å². The molecule has 3 aromatic heterocycles. The first-order chi connectivity index (χ1) is 15.2. The molecule has 0 radical (unpaired) electrons. The van der Waals surface area contributed by atoms with E-state index in [4.69, 9.17) is 11.5 Å². The summed E-state index contributed by atoms with van der Waals surface area (Å²) >= 11 is 0. The quantitative estimate of drug-likeness (QED) is 0.455. The highest BCUT2D eigenvalue weighted by molar-refractivity contribution is 6.03. The number of carbonyl (C=O) groups is 1. The van der Waals surface area contributed by atoms with Crippen molar-refractivity contribution in [2.24, 2.45) is 16.9 Å². The Morgan fingerprint density at radius 2 is 2.03 bits per heavy atom. The molecule has 32 heavy (non-hydrogen) atoms. The molecular formula is C25H28N6O. The SMILES string of the molecule is CC1(C)[C@H](Nc2c(C(N)=O)cnn3cc(-c4cccc5cnccc45)cc23)CC[C@]1(C)N. The molecule has 7 nitrogen and oxygen atoms in total. The summed E-state index contributed by atoms with van der Waals surface area (Å²) in [5, 5.41) is 10.3. The Labute approximate surface area is 186 Å². The average Bonchev–Trinajstić information content (AvgIpc) is 3.27. The highest BCUT2D eigenvalue weighted by atomic mass is 16.1. The number of hydrogen-bond acceptors (Lipinski definition) is 5. The molecule has 4 aromatic rings. The number of aromatic nitrogens is 3. The van der Waals surface area contributed by atoms with Gasteiger partial charge in [-0.1, -0.05) is 32.0 Å². The number of nitrogens with two attached hydrogens (primary N) is 2. The number of anilines is 1. The summed E-state index contributed by atoms with van der Waals surface area (Å²) in [4.78, 5) is 16.5. The van der Waals surface area contributed by atoms with Gasteiger partial charge in [-0.3, -0.25) is 9.78 Å². The van der Waals surface area contributed by atoms with E-state index in [1.165, 1.54) is 6.20 Å². The van der Waals surface area contributed by atoms with Crippen LogP contribution < -0.4 is 16.8 Å². The molecule has 2 atom stereocenters. The van der Waals surface area contributed by atoms with Gasteiger partial charge in [0.2, 0.25) is 0 Å². The first kappa shape index (κ1) is 20.5. The Hall–Kier alpha value is -3.45. The van der Waals surface area contributed by atoms with Crippen molar-refractivity contribution in [1.82, 2.24) is 14.6 Å². The zero-order valence-corrected chi connectivity index (χ0v) is 18.6. The number of amides is 1. The number of pyridine rings is 1. The maximum Gasteiger partial charge on any atom is 0.252 e. The van der Waals surface area contributed by atoms with E-state index in [2.05, 4.69) is 48.3 Å². The summed E-state index contributed by atoms with van der Waals surface area (Å²) in [5.41, 5.74) is 15.8. The fourth-order valence-corrected chi connectivity index (χ4v) is 4.87. The van der Waals surface area contributed by atoms with Gasteiger partial charge in [-0.2, -0.15) is 5.10 Å². The van der Waals surface area contributed by atoms with Crippen LogP contribution >= 0.6 is 0 Å². The van der Waals surface area contributed by atoms with Crippen LogP contribution in [0.25, 0.3) is 27.4 Å². The Kier molecular flexibility index (Phi) is 4.49. The molecule has 1 aliphatic rings. The van der Waals surface area contributed by atoms with Crippen LogP contribution in [0.5, 0.6) is 0 Å². The molecule has 3 heterocycles. The lowest BCUT2D eigenvalue weighted by Crippen LogP contribution is -2.51. The minimum absolute atomic E-state index is 0.101. The Bertz CT molecular complexity index is 1350. The highest BCUT2D eigenvalue weighted by Crippen LogP contribution is 2.46. The topological polar surface area (TPSA) is 111 Å². The number of fused-ring (bicyclic) bond motifs is 2. The van der Waals surface area contributed by atoms with Crippen molar-refractivity contribution in [3.63, 3.8) is 0 Å².